The van der Waals surface area contributed by atoms with E-state index in [0.29, 0.717) is 19.3 Å². The van der Waals surface area contributed by atoms with Crippen molar-refractivity contribution in [3.05, 3.63) is 23.3 Å². The monoisotopic (exact) mass is 472 g/mol. The second-order valence-corrected chi connectivity index (χ2v) is 11.8. The number of Topliss-reactive ketones (excluding diaryl/α,β-unsaturated/α-hetero) is 1. The van der Waals surface area contributed by atoms with Crippen LogP contribution in [0.4, 0.5) is 0 Å². The molecule has 0 N–H and O–H groups in total. The number of esters is 2. The number of fused-ring (bicyclic) bond motifs is 2. The summed E-state index contributed by atoms with van der Waals surface area (Å²) in [7, 11) is 3.29. The van der Waals surface area contributed by atoms with E-state index in [2.05, 4.69) is 27.7 Å². The number of hydrogen-bond acceptors (Lipinski definition) is 7. The van der Waals surface area contributed by atoms with E-state index in [4.69, 9.17) is 18.9 Å². The van der Waals surface area contributed by atoms with Gasteiger partial charge < -0.3 is 18.9 Å². The highest BCUT2D eigenvalue weighted by atomic mass is 16.6. The summed E-state index contributed by atoms with van der Waals surface area (Å²) in [6.07, 6.45) is 3.31. The molecule has 0 bridgehead atoms. The van der Waals surface area contributed by atoms with E-state index in [1.807, 2.05) is 6.92 Å². The van der Waals surface area contributed by atoms with Gasteiger partial charge in [-0.05, 0) is 49.2 Å². The Labute approximate surface area is 201 Å². The van der Waals surface area contributed by atoms with E-state index in [1.165, 1.54) is 6.08 Å². The Morgan fingerprint density at radius 1 is 0.941 bits per heavy atom. The number of hydrogen-bond donors (Lipinski definition) is 0. The van der Waals surface area contributed by atoms with Gasteiger partial charge in [-0.15, -0.1) is 0 Å². The maximum Gasteiger partial charge on any atom is 0.331 e. The molecule has 3 aliphatic carbocycles. The van der Waals surface area contributed by atoms with Gasteiger partial charge in [0.2, 0.25) is 0 Å². The van der Waals surface area contributed by atoms with E-state index in [9.17, 15) is 14.4 Å². The molecule has 186 valence electrons. The van der Waals surface area contributed by atoms with Gasteiger partial charge in [-0.25, -0.2) is 9.59 Å². The van der Waals surface area contributed by atoms with Gasteiger partial charge in [0.25, 0.3) is 0 Å². The Morgan fingerprint density at radius 3 is 2.21 bits per heavy atom. The molecule has 34 heavy (non-hydrogen) atoms. The standard InChI is InChI=1S/C27H36O7/c1-13-8-16(31-6)23(30)26(4)15(13)10-19-27(5)18(11-21(29)33-19)25(3,12-17(32-7)22(26)27)24-14(2)9-20(28)34-24/h9,11,13,15-17,19,22,24H,8,10,12H2,1-7H3. The van der Waals surface area contributed by atoms with Crippen LogP contribution in [0.5, 0.6) is 0 Å². The third kappa shape index (κ3) is 2.80. The number of ether oxygens (including phenoxy) is 4. The highest BCUT2D eigenvalue weighted by Crippen LogP contribution is 2.70. The molecule has 0 aromatic heterocycles. The first kappa shape index (κ1) is 23.7. The van der Waals surface area contributed by atoms with Crippen LogP contribution >= 0.6 is 0 Å². The first-order chi connectivity index (χ1) is 15.9. The summed E-state index contributed by atoms with van der Waals surface area (Å²) in [6, 6.07) is 0. The molecule has 0 spiro atoms. The predicted octanol–water partition coefficient (Wildman–Crippen LogP) is 3.41. The number of carbonyl (C=O) groups is 3. The number of ketones is 1. The molecule has 7 nitrogen and oxygen atoms in total. The maximum absolute atomic E-state index is 14.0. The first-order valence-corrected chi connectivity index (χ1v) is 12.3. The summed E-state index contributed by atoms with van der Waals surface area (Å²) >= 11 is 0. The van der Waals surface area contributed by atoms with Gasteiger partial charge in [-0.2, -0.15) is 0 Å². The number of methoxy groups -OCH3 is 2. The quantitative estimate of drug-likeness (QED) is 0.582. The molecule has 0 radical (unpaired) electrons. The van der Waals surface area contributed by atoms with Gasteiger partial charge in [0.15, 0.2) is 5.78 Å². The molecular weight excluding hydrogens is 436 g/mol. The average Bonchev–Trinajstić information content (AvgIpc) is 3.12. The molecular formula is C27H36O7. The zero-order valence-electron chi connectivity index (χ0n) is 21.2. The molecule has 0 aromatic carbocycles. The Balaban J connectivity index is 1.72. The van der Waals surface area contributed by atoms with Crippen molar-refractivity contribution in [2.45, 2.75) is 78.3 Å². The van der Waals surface area contributed by atoms with Crippen LogP contribution in [-0.2, 0) is 33.3 Å². The van der Waals surface area contributed by atoms with Gasteiger partial charge in [0.05, 0.1) is 6.10 Å². The SMILES string of the molecule is COC1CC(C)C2CC3OC(=O)C=C4C(C)(C5OC(=O)C=C5C)CC(OC)C(C43C)C2(C)C1=O. The lowest BCUT2D eigenvalue weighted by molar-refractivity contribution is -0.232. The fourth-order valence-electron chi connectivity index (χ4n) is 8.85. The third-order valence-electron chi connectivity index (χ3n) is 10.2. The van der Waals surface area contributed by atoms with E-state index < -0.39 is 28.5 Å². The zero-order valence-corrected chi connectivity index (χ0v) is 21.2. The van der Waals surface area contributed by atoms with Crippen molar-refractivity contribution in [1.82, 2.24) is 0 Å². The second kappa shape index (κ2) is 7.50. The van der Waals surface area contributed by atoms with Gasteiger partial charge in [0, 0.05) is 48.5 Å². The van der Waals surface area contributed by atoms with Crippen LogP contribution in [0, 0.1) is 34.0 Å². The molecule has 0 aromatic rings. The van der Waals surface area contributed by atoms with E-state index >= 15 is 0 Å². The van der Waals surface area contributed by atoms with Crippen LogP contribution in [0.2, 0.25) is 0 Å². The Bertz CT molecular complexity index is 1010. The van der Waals surface area contributed by atoms with Crippen LogP contribution in [0.25, 0.3) is 0 Å². The van der Waals surface area contributed by atoms with Crippen LogP contribution < -0.4 is 0 Å². The average molecular weight is 473 g/mol. The molecule has 3 fully saturated rings. The lowest BCUT2D eigenvalue weighted by Gasteiger charge is -2.68. The Morgan fingerprint density at radius 2 is 1.62 bits per heavy atom. The Kier molecular flexibility index (Phi) is 5.24. The minimum Gasteiger partial charge on any atom is -0.458 e. The molecule has 0 saturated heterocycles. The van der Waals surface area contributed by atoms with Crippen LogP contribution in [0.15, 0.2) is 23.3 Å². The van der Waals surface area contributed by atoms with E-state index in [-0.39, 0.29) is 47.7 Å². The third-order valence-corrected chi connectivity index (χ3v) is 10.2. The lowest BCUT2D eigenvalue weighted by Crippen LogP contribution is -2.72. The highest BCUT2D eigenvalue weighted by Gasteiger charge is 2.73. The van der Waals surface area contributed by atoms with Crippen molar-refractivity contribution < 1.29 is 33.3 Å². The van der Waals surface area contributed by atoms with Crippen molar-refractivity contribution in [1.29, 1.82) is 0 Å². The minimum atomic E-state index is -0.703. The van der Waals surface area contributed by atoms with Crippen molar-refractivity contribution in [3.63, 3.8) is 0 Å². The largest absolute Gasteiger partial charge is 0.458 e. The fraction of sp³-hybridized carbons (Fsp3) is 0.741. The van der Waals surface area contributed by atoms with Crippen LogP contribution in [0.1, 0.15) is 53.9 Å². The van der Waals surface area contributed by atoms with Crippen molar-refractivity contribution >= 4 is 17.7 Å². The van der Waals surface area contributed by atoms with Gasteiger partial charge in [-0.3, -0.25) is 4.79 Å². The zero-order chi connectivity index (χ0) is 24.8. The molecule has 2 aliphatic heterocycles. The number of cyclic esters (lactones) is 1. The van der Waals surface area contributed by atoms with Crippen molar-refractivity contribution in [3.8, 4) is 0 Å². The molecule has 5 aliphatic rings. The summed E-state index contributed by atoms with van der Waals surface area (Å²) in [5.41, 5.74) is -0.267. The smallest absolute Gasteiger partial charge is 0.331 e. The number of rotatable bonds is 3. The maximum atomic E-state index is 14.0. The molecule has 3 saturated carbocycles. The molecule has 10 atom stereocenters. The molecule has 7 heteroatoms. The van der Waals surface area contributed by atoms with Crippen molar-refractivity contribution in [2.24, 2.45) is 34.0 Å². The van der Waals surface area contributed by atoms with E-state index in [0.717, 1.165) is 11.1 Å². The molecule has 2 heterocycles. The molecule has 0 amide bonds. The normalized spacial score (nSPS) is 50.0. The summed E-state index contributed by atoms with van der Waals surface area (Å²) in [4.78, 5) is 39.1. The van der Waals surface area contributed by atoms with Crippen molar-refractivity contribution in [2.75, 3.05) is 14.2 Å². The summed E-state index contributed by atoms with van der Waals surface area (Å²) < 4.78 is 23.7. The Hall–Kier alpha value is -1.99. The second-order valence-electron chi connectivity index (χ2n) is 11.8. The topological polar surface area (TPSA) is 88.1 Å². The minimum absolute atomic E-state index is 0.0505. The van der Waals surface area contributed by atoms with E-state index in [1.54, 1.807) is 20.3 Å². The summed E-state index contributed by atoms with van der Waals surface area (Å²) in [6.45, 7) is 10.3. The summed E-state index contributed by atoms with van der Waals surface area (Å²) in [5, 5.41) is 0. The molecule has 5 rings (SSSR count). The van der Waals surface area contributed by atoms with Crippen LogP contribution in [-0.4, -0.2) is 56.4 Å². The van der Waals surface area contributed by atoms with Gasteiger partial charge >= 0.3 is 11.9 Å². The van der Waals surface area contributed by atoms with Gasteiger partial charge in [0.1, 0.15) is 18.3 Å². The summed E-state index contributed by atoms with van der Waals surface area (Å²) in [5.74, 6) is -0.539. The van der Waals surface area contributed by atoms with Crippen LogP contribution in [0.3, 0.4) is 0 Å². The predicted molar refractivity (Wildman–Crippen MR) is 123 cm³/mol. The fourth-order valence-corrected chi connectivity index (χ4v) is 8.85. The first-order valence-electron chi connectivity index (χ1n) is 12.3. The molecule has 10 unspecified atom stereocenters. The number of carbonyl (C=O) groups excluding carboxylic acids is 3. The van der Waals surface area contributed by atoms with Gasteiger partial charge in [-0.1, -0.05) is 27.7 Å². The lowest BCUT2D eigenvalue weighted by atomic mass is 9.37. The highest BCUT2D eigenvalue weighted by molar-refractivity contribution is 5.92.